The largest absolute Gasteiger partial charge is 0.497 e. The van der Waals surface area contributed by atoms with Gasteiger partial charge in [0.15, 0.2) is 0 Å². The molecule has 0 radical (unpaired) electrons. The van der Waals surface area contributed by atoms with Crippen molar-refractivity contribution in [3.05, 3.63) is 89.5 Å². The van der Waals surface area contributed by atoms with E-state index >= 15 is 0 Å². The van der Waals surface area contributed by atoms with Gasteiger partial charge in [-0.1, -0.05) is 73.0 Å². The van der Waals surface area contributed by atoms with Gasteiger partial charge in [0.05, 0.1) is 26.2 Å². The standard InChI is InChI=1S/C33H41N3O6S/c1-24-14-16-26(17-15-24)22-35(30(20-25-10-6-5-7-11-25)33(38)34-27-12-8-9-13-27)32(37)23-36(43(4,39)40)29-21-28(41-2)18-19-31(29)42-3/h5-7,10-11,14-19,21,27,30H,8-9,12-13,20,22-23H2,1-4H3,(H,34,38). The number of hydrogen-bond donors (Lipinski definition) is 1. The number of sulfonamides is 1. The molecule has 0 aromatic heterocycles. The summed E-state index contributed by atoms with van der Waals surface area (Å²) in [5.74, 6) is -0.0883. The zero-order chi connectivity index (χ0) is 31.0. The molecule has 1 fully saturated rings. The Kier molecular flexibility index (Phi) is 10.7. The fourth-order valence-electron chi connectivity index (χ4n) is 5.40. The van der Waals surface area contributed by atoms with Crippen LogP contribution in [0.3, 0.4) is 0 Å². The summed E-state index contributed by atoms with van der Waals surface area (Å²) in [7, 11) is -1.05. The number of rotatable bonds is 13. The highest BCUT2D eigenvalue weighted by Crippen LogP contribution is 2.34. The van der Waals surface area contributed by atoms with Crippen molar-refractivity contribution < 1.29 is 27.5 Å². The number of aryl methyl sites for hydroxylation is 1. The van der Waals surface area contributed by atoms with Crippen molar-refractivity contribution in [1.29, 1.82) is 0 Å². The summed E-state index contributed by atoms with van der Waals surface area (Å²) >= 11 is 0. The van der Waals surface area contributed by atoms with Crippen molar-refractivity contribution in [2.45, 2.75) is 57.7 Å². The molecule has 3 aromatic rings. The molecule has 1 unspecified atom stereocenters. The minimum Gasteiger partial charge on any atom is -0.497 e. The van der Waals surface area contributed by atoms with Crippen LogP contribution >= 0.6 is 0 Å². The van der Waals surface area contributed by atoms with Crippen molar-refractivity contribution >= 4 is 27.5 Å². The van der Waals surface area contributed by atoms with Gasteiger partial charge >= 0.3 is 0 Å². The molecule has 0 aliphatic heterocycles. The molecule has 1 saturated carbocycles. The number of methoxy groups -OCH3 is 2. The van der Waals surface area contributed by atoms with E-state index in [1.54, 1.807) is 12.1 Å². The first-order chi connectivity index (χ1) is 20.6. The van der Waals surface area contributed by atoms with Crippen LogP contribution in [0.25, 0.3) is 0 Å². The van der Waals surface area contributed by atoms with Gasteiger partial charge in [0.1, 0.15) is 24.1 Å². The van der Waals surface area contributed by atoms with Crippen LogP contribution in [-0.4, -0.2) is 64.2 Å². The first-order valence-electron chi connectivity index (χ1n) is 14.5. The third-order valence-electron chi connectivity index (χ3n) is 7.78. The van der Waals surface area contributed by atoms with Crippen molar-refractivity contribution in [2.24, 2.45) is 0 Å². The Morgan fingerprint density at radius 1 is 0.930 bits per heavy atom. The number of amides is 2. The number of nitrogens with one attached hydrogen (secondary N) is 1. The number of hydrogen-bond acceptors (Lipinski definition) is 6. The predicted octanol–water partition coefficient (Wildman–Crippen LogP) is 4.48. The molecular weight excluding hydrogens is 566 g/mol. The van der Waals surface area contributed by atoms with Crippen molar-refractivity contribution in [3.63, 3.8) is 0 Å². The number of carbonyl (C=O) groups excluding carboxylic acids is 2. The molecule has 1 aliphatic rings. The van der Waals surface area contributed by atoms with Crippen LogP contribution in [0.1, 0.15) is 42.4 Å². The quantitative estimate of drug-likeness (QED) is 0.307. The first-order valence-corrected chi connectivity index (χ1v) is 16.3. The lowest BCUT2D eigenvalue weighted by Gasteiger charge is -2.34. The smallest absolute Gasteiger partial charge is 0.244 e. The number of carbonyl (C=O) groups is 2. The highest BCUT2D eigenvalue weighted by atomic mass is 32.2. The van der Waals surface area contributed by atoms with E-state index in [9.17, 15) is 18.0 Å². The van der Waals surface area contributed by atoms with Crippen LogP contribution in [0.15, 0.2) is 72.8 Å². The molecule has 4 rings (SSSR count). The SMILES string of the molecule is COc1ccc(OC)c(N(CC(=O)N(Cc2ccc(C)cc2)C(Cc2ccccc2)C(=O)NC2CCCC2)S(C)(=O)=O)c1. The molecule has 0 heterocycles. The summed E-state index contributed by atoms with van der Waals surface area (Å²) in [4.78, 5) is 29.8. The zero-order valence-corrected chi connectivity index (χ0v) is 26.1. The van der Waals surface area contributed by atoms with Crippen molar-refractivity contribution in [2.75, 3.05) is 31.3 Å². The monoisotopic (exact) mass is 607 g/mol. The second-order valence-electron chi connectivity index (χ2n) is 11.0. The molecular formula is C33H41N3O6S. The second kappa shape index (κ2) is 14.4. The number of ether oxygens (including phenoxy) is 2. The molecule has 230 valence electrons. The van der Waals surface area contributed by atoms with E-state index < -0.39 is 28.5 Å². The van der Waals surface area contributed by atoms with Crippen LogP contribution in [0.4, 0.5) is 5.69 Å². The van der Waals surface area contributed by atoms with Gasteiger partial charge in [0, 0.05) is 25.1 Å². The summed E-state index contributed by atoms with van der Waals surface area (Å²) in [6, 6.07) is 21.2. The molecule has 3 aromatic carbocycles. The summed E-state index contributed by atoms with van der Waals surface area (Å²) < 4.78 is 38.1. The number of nitrogens with zero attached hydrogens (tertiary/aromatic N) is 2. The summed E-state index contributed by atoms with van der Waals surface area (Å²) in [6.45, 7) is 1.57. The van der Waals surface area contributed by atoms with Gasteiger partial charge in [-0.05, 0) is 43.0 Å². The highest BCUT2D eigenvalue weighted by Gasteiger charge is 2.35. The maximum atomic E-state index is 14.3. The minimum atomic E-state index is -3.96. The van der Waals surface area contributed by atoms with Crippen LogP contribution in [0.2, 0.25) is 0 Å². The Labute approximate surface area is 254 Å². The molecule has 0 bridgehead atoms. The normalized spacial score (nSPS) is 14.1. The molecule has 1 N–H and O–H groups in total. The van der Waals surface area contributed by atoms with Gasteiger partial charge in [-0.2, -0.15) is 0 Å². The molecule has 2 amide bonds. The molecule has 43 heavy (non-hydrogen) atoms. The third-order valence-corrected chi connectivity index (χ3v) is 8.91. The minimum absolute atomic E-state index is 0.0515. The van der Waals surface area contributed by atoms with Crippen LogP contribution in [-0.2, 0) is 32.6 Å². The Morgan fingerprint density at radius 2 is 1.60 bits per heavy atom. The summed E-state index contributed by atoms with van der Waals surface area (Å²) in [5.41, 5.74) is 2.96. The van der Waals surface area contributed by atoms with Crippen LogP contribution in [0.5, 0.6) is 11.5 Å². The first kappa shape index (κ1) is 31.9. The lowest BCUT2D eigenvalue weighted by Crippen LogP contribution is -2.54. The van der Waals surface area contributed by atoms with Gasteiger partial charge in [-0.15, -0.1) is 0 Å². The fraction of sp³-hybridized carbons (Fsp3) is 0.394. The second-order valence-corrected chi connectivity index (χ2v) is 12.9. The van der Waals surface area contributed by atoms with E-state index in [1.165, 1.54) is 25.2 Å². The Hall–Kier alpha value is -4.05. The van der Waals surface area contributed by atoms with Gasteiger partial charge in [-0.3, -0.25) is 13.9 Å². The van der Waals surface area contributed by atoms with Crippen molar-refractivity contribution in [1.82, 2.24) is 10.2 Å². The van der Waals surface area contributed by atoms with Crippen LogP contribution < -0.4 is 19.1 Å². The maximum Gasteiger partial charge on any atom is 0.244 e. The Bertz CT molecular complexity index is 1490. The van der Waals surface area contributed by atoms with E-state index in [2.05, 4.69) is 5.32 Å². The van der Waals surface area contributed by atoms with E-state index in [0.717, 1.165) is 52.9 Å². The lowest BCUT2D eigenvalue weighted by molar-refractivity contribution is -0.140. The number of benzene rings is 3. The average Bonchev–Trinajstić information content (AvgIpc) is 3.51. The van der Waals surface area contributed by atoms with Gasteiger partial charge in [0.25, 0.3) is 0 Å². The zero-order valence-electron chi connectivity index (χ0n) is 25.3. The maximum absolute atomic E-state index is 14.3. The van der Waals surface area contributed by atoms with Gasteiger partial charge in [0.2, 0.25) is 21.8 Å². The molecule has 0 saturated heterocycles. The van der Waals surface area contributed by atoms with E-state index in [1.807, 2.05) is 61.5 Å². The summed E-state index contributed by atoms with van der Waals surface area (Å²) in [6.07, 6.45) is 5.20. The van der Waals surface area contributed by atoms with Crippen molar-refractivity contribution in [3.8, 4) is 11.5 Å². The lowest BCUT2D eigenvalue weighted by atomic mass is 10.0. The average molecular weight is 608 g/mol. The molecule has 0 spiro atoms. The number of anilines is 1. The van der Waals surface area contributed by atoms with Gasteiger partial charge in [-0.25, -0.2) is 8.42 Å². The molecule has 10 heteroatoms. The fourth-order valence-corrected chi connectivity index (χ4v) is 6.24. The van der Waals surface area contributed by atoms with Crippen LogP contribution in [0, 0.1) is 6.92 Å². The highest BCUT2D eigenvalue weighted by molar-refractivity contribution is 7.92. The Balaban J connectivity index is 1.76. The molecule has 1 aliphatic carbocycles. The predicted molar refractivity (Wildman–Crippen MR) is 168 cm³/mol. The third kappa shape index (κ3) is 8.50. The van der Waals surface area contributed by atoms with E-state index in [0.29, 0.717) is 5.75 Å². The summed E-state index contributed by atoms with van der Waals surface area (Å²) in [5, 5.41) is 3.18. The Morgan fingerprint density at radius 3 is 2.21 bits per heavy atom. The van der Waals surface area contributed by atoms with E-state index in [4.69, 9.17) is 9.47 Å². The molecule has 1 atom stereocenters. The molecule has 9 nitrogen and oxygen atoms in total. The van der Waals surface area contributed by atoms with E-state index in [-0.39, 0.29) is 36.4 Å². The van der Waals surface area contributed by atoms with Gasteiger partial charge < -0.3 is 19.7 Å². The topological polar surface area (TPSA) is 105 Å².